The van der Waals surface area contributed by atoms with Crippen molar-refractivity contribution < 1.29 is 37.1 Å². The fraction of sp³-hybridized carbons (Fsp3) is 0.421. The maximum absolute atomic E-state index is 14.6. The van der Waals surface area contributed by atoms with Gasteiger partial charge in [0.05, 0.1) is 12.3 Å². The number of hydrogen-bond donors (Lipinski definition) is 3. The summed E-state index contributed by atoms with van der Waals surface area (Å²) in [4.78, 5) is 4.19. The number of alkyl halides is 3. The Morgan fingerprint density at radius 3 is 2.39 bits per heavy atom. The summed E-state index contributed by atoms with van der Waals surface area (Å²) >= 11 is 1.40. The number of benzene rings is 1. The summed E-state index contributed by atoms with van der Waals surface area (Å²) in [6.45, 7) is 4.06. The summed E-state index contributed by atoms with van der Waals surface area (Å²) in [7, 11) is 0. The molecule has 1 heterocycles. The zero-order chi connectivity index (χ0) is 23.6. The molecule has 3 atom stereocenters. The second-order valence-corrected chi connectivity index (χ2v) is 10.3. The summed E-state index contributed by atoms with van der Waals surface area (Å²) < 4.78 is 71.0. The van der Waals surface area contributed by atoms with E-state index in [-0.39, 0.29) is 11.3 Å². The van der Waals surface area contributed by atoms with Crippen molar-refractivity contribution in [2.24, 2.45) is 0 Å². The molecule has 12 heteroatoms. The van der Waals surface area contributed by atoms with Crippen LogP contribution in [0.5, 0.6) is 5.75 Å². The van der Waals surface area contributed by atoms with Gasteiger partial charge in [-0.2, -0.15) is 0 Å². The summed E-state index contributed by atoms with van der Waals surface area (Å²) in [5.74, 6) is -2.46. The van der Waals surface area contributed by atoms with Crippen LogP contribution in [0, 0.1) is 5.82 Å². The monoisotopic (exact) mass is 528 g/mol. The highest BCUT2D eigenvalue weighted by Gasteiger charge is 2.50. The molecule has 0 amide bonds. The van der Waals surface area contributed by atoms with E-state index in [1.54, 1.807) is 32.9 Å². The van der Waals surface area contributed by atoms with Gasteiger partial charge >= 0.3 is 6.36 Å². The van der Waals surface area contributed by atoms with Gasteiger partial charge in [0.1, 0.15) is 10.9 Å². The van der Waals surface area contributed by atoms with Crippen LogP contribution in [0.1, 0.15) is 32.0 Å². The van der Waals surface area contributed by atoms with Gasteiger partial charge in [-0.05, 0) is 66.5 Å². The zero-order valence-electron chi connectivity index (χ0n) is 16.7. The number of aromatic nitrogens is 1. The van der Waals surface area contributed by atoms with E-state index in [1.807, 2.05) is 0 Å². The van der Waals surface area contributed by atoms with E-state index in [2.05, 4.69) is 30.4 Å². The van der Waals surface area contributed by atoms with E-state index in [0.29, 0.717) is 10.5 Å². The van der Waals surface area contributed by atoms with Crippen molar-refractivity contribution in [3.8, 4) is 5.75 Å². The summed E-state index contributed by atoms with van der Waals surface area (Å²) in [6.07, 6.45) is -5.46. The van der Waals surface area contributed by atoms with E-state index in [0.717, 1.165) is 12.1 Å². The molecular formula is C19H21BrF4N2O4S. The molecule has 0 aliphatic heterocycles. The lowest BCUT2D eigenvalue weighted by molar-refractivity contribution is -0.275. The standard InChI is InChI=1S/C19H21BrF4N2O4S/c1-17(2,3)31(29)26-18(15(28)10-27,16-12(20)5-4-8-25-16)11-6-7-14(13(21)9-11)30-19(22,23)24/h4-9,15,26-28H,10H2,1-3H3/t15?,18-,31-/m0/s1. The topological polar surface area (TPSA) is 97.7 Å². The number of rotatable bonds is 7. The number of nitrogens with one attached hydrogen (secondary N) is 1. The van der Waals surface area contributed by atoms with Crippen molar-refractivity contribution in [3.63, 3.8) is 0 Å². The van der Waals surface area contributed by atoms with Crippen LogP contribution >= 0.6 is 15.9 Å². The molecule has 1 aromatic heterocycles. The molecular weight excluding hydrogens is 508 g/mol. The third kappa shape index (κ3) is 5.88. The molecule has 0 aliphatic carbocycles. The molecule has 0 bridgehead atoms. The van der Waals surface area contributed by atoms with Gasteiger partial charge in [0.25, 0.3) is 0 Å². The first-order valence-electron chi connectivity index (χ1n) is 8.87. The Kier molecular flexibility index (Phi) is 7.99. The predicted octanol–water partition coefficient (Wildman–Crippen LogP) is 3.53. The largest absolute Gasteiger partial charge is 0.598 e. The SMILES string of the molecule is CC(C)(C)[S@+]([O-])N[C@](c1ccc(OC(F)(F)F)c(F)c1)(c1ncccc1Br)C(O)CO. The van der Waals surface area contributed by atoms with Crippen LogP contribution in [0.25, 0.3) is 0 Å². The fourth-order valence-corrected chi connectivity index (χ4v) is 4.24. The molecule has 3 N–H and O–H groups in total. The van der Waals surface area contributed by atoms with E-state index in [1.165, 1.54) is 6.20 Å². The van der Waals surface area contributed by atoms with E-state index < -0.39 is 52.3 Å². The molecule has 6 nitrogen and oxygen atoms in total. The number of hydrogen-bond acceptors (Lipinski definition) is 6. The Labute approximate surface area is 188 Å². The second kappa shape index (κ2) is 9.59. The molecule has 0 saturated heterocycles. The highest BCUT2D eigenvalue weighted by atomic mass is 79.9. The van der Waals surface area contributed by atoms with Crippen LogP contribution in [-0.4, -0.2) is 43.6 Å². The van der Waals surface area contributed by atoms with Gasteiger partial charge in [0.2, 0.25) is 0 Å². The Balaban J connectivity index is 2.77. The Bertz CT molecular complexity index is 913. The summed E-state index contributed by atoms with van der Waals surface area (Å²) in [6, 6.07) is 5.62. The maximum atomic E-state index is 14.6. The molecule has 0 aliphatic rings. The van der Waals surface area contributed by atoms with Gasteiger partial charge in [0.15, 0.2) is 17.1 Å². The number of ether oxygens (including phenoxy) is 1. The molecule has 0 saturated carbocycles. The smallest absolute Gasteiger partial charge is 0.573 e. The van der Waals surface area contributed by atoms with E-state index >= 15 is 0 Å². The van der Waals surface area contributed by atoms with Crippen molar-refractivity contribution in [1.29, 1.82) is 0 Å². The van der Waals surface area contributed by atoms with Gasteiger partial charge in [-0.25, -0.2) is 4.39 Å². The minimum Gasteiger partial charge on any atom is -0.598 e. The van der Waals surface area contributed by atoms with Crippen LogP contribution in [0.4, 0.5) is 17.6 Å². The van der Waals surface area contributed by atoms with Crippen molar-refractivity contribution in [2.45, 2.75) is 43.5 Å². The summed E-state index contributed by atoms with van der Waals surface area (Å²) in [5.41, 5.74) is -2.04. The van der Waals surface area contributed by atoms with Crippen LogP contribution < -0.4 is 9.46 Å². The first kappa shape index (κ1) is 25.8. The Morgan fingerprint density at radius 2 is 1.90 bits per heavy atom. The Hall–Kier alpha value is -1.44. The number of pyridine rings is 1. The van der Waals surface area contributed by atoms with Gasteiger partial charge in [-0.3, -0.25) is 4.98 Å². The molecule has 31 heavy (non-hydrogen) atoms. The van der Waals surface area contributed by atoms with E-state index in [4.69, 9.17) is 0 Å². The highest BCUT2D eigenvalue weighted by molar-refractivity contribution is 9.10. The van der Waals surface area contributed by atoms with Crippen molar-refractivity contribution in [2.75, 3.05) is 6.61 Å². The molecule has 2 rings (SSSR count). The number of halogens is 5. The van der Waals surface area contributed by atoms with Gasteiger partial charge in [-0.1, -0.05) is 6.07 Å². The maximum Gasteiger partial charge on any atom is 0.573 e. The normalized spacial score (nSPS) is 16.5. The average Bonchev–Trinajstić information content (AvgIpc) is 2.66. The molecule has 0 fully saturated rings. The lowest BCUT2D eigenvalue weighted by Gasteiger charge is -2.40. The molecule has 2 aromatic rings. The first-order valence-corrected chi connectivity index (χ1v) is 10.8. The van der Waals surface area contributed by atoms with Crippen molar-refractivity contribution in [3.05, 3.63) is 58.1 Å². The third-order valence-corrected chi connectivity index (χ3v) is 6.49. The second-order valence-electron chi connectivity index (χ2n) is 7.52. The first-order chi connectivity index (χ1) is 14.2. The van der Waals surface area contributed by atoms with Crippen LogP contribution in [0.3, 0.4) is 0 Å². The van der Waals surface area contributed by atoms with E-state index in [9.17, 15) is 32.3 Å². The zero-order valence-corrected chi connectivity index (χ0v) is 19.1. The minimum atomic E-state index is -5.11. The molecule has 0 radical (unpaired) electrons. The molecule has 1 unspecified atom stereocenters. The van der Waals surface area contributed by atoms with Crippen LogP contribution in [-0.2, 0) is 16.9 Å². The molecule has 0 spiro atoms. The van der Waals surface area contributed by atoms with Gasteiger partial charge in [0, 0.05) is 22.0 Å². The molecule has 172 valence electrons. The van der Waals surface area contributed by atoms with Crippen molar-refractivity contribution >= 4 is 27.3 Å². The number of aliphatic hydroxyl groups excluding tert-OH is 2. The number of nitrogens with zero attached hydrogens (tertiary/aromatic N) is 1. The quantitative estimate of drug-likeness (QED) is 0.375. The number of aliphatic hydroxyl groups is 2. The lowest BCUT2D eigenvalue weighted by atomic mass is 9.82. The Morgan fingerprint density at radius 1 is 1.26 bits per heavy atom. The van der Waals surface area contributed by atoms with Crippen molar-refractivity contribution in [1.82, 2.24) is 9.71 Å². The summed E-state index contributed by atoms with van der Waals surface area (Å²) in [5, 5.41) is 20.6. The lowest BCUT2D eigenvalue weighted by Crippen LogP contribution is -2.59. The van der Waals surface area contributed by atoms with Gasteiger partial charge in [-0.15, -0.1) is 17.9 Å². The average molecular weight is 529 g/mol. The molecule has 1 aromatic carbocycles. The van der Waals surface area contributed by atoms with Crippen LogP contribution in [0.2, 0.25) is 0 Å². The predicted molar refractivity (Wildman–Crippen MR) is 110 cm³/mol. The fourth-order valence-electron chi connectivity index (χ4n) is 2.73. The highest BCUT2D eigenvalue weighted by Crippen LogP contribution is 2.40. The van der Waals surface area contributed by atoms with Crippen LogP contribution in [0.15, 0.2) is 41.0 Å². The van der Waals surface area contributed by atoms with Gasteiger partial charge < -0.3 is 19.5 Å². The minimum absolute atomic E-state index is 0.0399. The third-order valence-electron chi connectivity index (χ3n) is 4.23.